The van der Waals surface area contributed by atoms with Crippen LogP contribution in [0.4, 0.5) is 4.39 Å². The highest BCUT2D eigenvalue weighted by Gasteiger charge is 2.30. The number of likely N-dealkylation sites (tertiary alicyclic amines) is 2. The third kappa shape index (κ3) is 5.30. The highest BCUT2D eigenvalue weighted by Crippen LogP contribution is 2.22. The topological polar surface area (TPSA) is 69.7 Å². The zero-order chi connectivity index (χ0) is 19.9. The molecule has 1 N–H and O–H groups in total. The Morgan fingerprint density at radius 3 is 2.25 bits per heavy atom. The monoisotopic (exact) mass is 389 g/mol. The van der Waals surface area contributed by atoms with Gasteiger partial charge in [-0.25, -0.2) is 4.39 Å². The van der Waals surface area contributed by atoms with E-state index in [1.54, 1.807) is 0 Å². The van der Waals surface area contributed by atoms with Gasteiger partial charge in [0.2, 0.25) is 11.8 Å². The minimum Gasteiger partial charge on any atom is -0.352 e. The predicted molar refractivity (Wildman–Crippen MR) is 103 cm³/mol. The Balaban J connectivity index is 1.33. The van der Waals surface area contributed by atoms with Crippen LogP contribution < -0.4 is 5.32 Å². The molecule has 0 aromatic heterocycles. The van der Waals surface area contributed by atoms with Gasteiger partial charge >= 0.3 is 0 Å². The van der Waals surface area contributed by atoms with Crippen LogP contribution in [0, 0.1) is 11.7 Å². The summed E-state index contributed by atoms with van der Waals surface area (Å²) in [5, 5.41) is 2.75. The Morgan fingerprint density at radius 2 is 1.61 bits per heavy atom. The minimum absolute atomic E-state index is 0.0529. The smallest absolute Gasteiger partial charge is 0.251 e. The van der Waals surface area contributed by atoms with E-state index in [1.165, 1.54) is 24.3 Å². The molecule has 0 radical (unpaired) electrons. The van der Waals surface area contributed by atoms with Crippen LogP contribution >= 0.6 is 0 Å². The van der Waals surface area contributed by atoms with Gasteiger partial charge in [-0.05, 0) is 56.4 Å². The molecule has 0 saturated carbocycles. The van der Waals surface area contributed by atoms with Crippen molar-refractivity contribution in [2.45, 2.75) is 38.5 Å². The Kier molecular flexibility index (Phi) is 7.01. The number of carbonyl (C=O) groups excluding carboxylic acids is 3. The van der Waals surface area contributed by atoms with Crippen molar-refractivity contribution in [3.63, 3.8) is 0 Å². The molecule has 0 aliphatic carbocycles. The van der Waals surface area contributed by atoms with Crippen molar-refractivity contribution in [3.05, 3.63) is 35.6 Å². The van der Waals surface area contributed by atoms with Gasteiger partial charge in [-0.1, -0.05) is 0 Å². The lowest BCUT2D eigenvalue weighted by atomic mass is 9.95. The molecule has 1 aromatic carbocycles. The fourth-order valence-corrected chi connectivity index (χ4v) is 3.87. The molecule has 0 spiro atoms. The van der Waals surface area contributed by atoms with E-state index in [9.17, 15) is 18.8 Å². The summed E-state index contributed by atoms with van der Waals surface area (Å²) in [7, 11) is 0. The van der Waals surface area contributed by atoms with E-state index in [0.717, 1.165) is 38.8 Å². The predicted octanol–water partition coefficient (Wildman–Crippen LogP) is 2.20. The Labute approximate surface area is 165 Å². The normalized spacial score (nSPS) is 17.6. The van der Waals surface area contributed by atoms with Crippen LogP contribution in [0.15, 0.2) is 24.3 Å². The van der Waals surface area contributed by atoms with Crippen molar-refractivity contribution >= 4 is 17.7 Å². The number of rotatable bonds is 6. The lowest BCUT2D eigenvalue weighted by Gasteiger charge is -2.33. The van der Waals surface area contributed by atoms with Crippen molar-refractivity contribution in [1.29, 1.82) is 0 Å². The van der Waals surface area contributed by atoms with Crippen molar-refractivity contribution in [1.82, 2.24) is 15.1 Å². The largest absolute Gasteiger partial charge is 0.352 e. The summed E-state index contributed by atoms with van der Waals surface area (Å²) in [6, 6.07) is 5.36. The molecule has 152 valence electrons. The minimum atomic E-state index is -0.381. The van der Waals surface area contributed by atoms with E-state index < -0.39 is 0 Å². The van der Waals surface area contributed by atoms with Gasteiger partial charge in [-0.3, -0.25) is 14.4 Å². The van der Waals surface area contributed by atoms with Crippen LogP contribution in [0.1, 0.15) is 48.9 Å². The maximum absolute atomic E-state index is 12.9. The summed E-state index contributed by atoms with van der Waals surface area (Å²) >= 11 is 0. The summed E-state index contributed by atoms with van der Waals surface area (Å²) in [5.41, 5.74) is 0.400. The van der Waals surface area contributed by atoms with Crippen molar-refractivity contribution in [2.24, 2.45) is 5.92 Å². The third-order valence-corrected chi connectivity index (χ3v) is 5.57. The molecule has 0 bridgehead atoms. The zero-order valence-corrected chi connectivity index (χ0v) is 16.2. The second-order valence-corrected chi connectivity index (χ2v) is 7.55. The molecule has 1 aromatic rings. The van der Waals surface area contributed by atoms with Gasteiger partial charge in [0.1, 0.15) is 5.82 Å². The third-order valence-electron chi connectivity index (χ3n) is 5.57. The number of amides is 3. The molecular weight excluding hydrogens is 361 g/mol. The van der Waals surface area contributed by atoms with Crippen LogP contribution in [0.2, 0.25) is 0 Å². The van der Waals surface area contributed by atoms with Gasteiger partial charge in [-0.15, -0.1) is 0 Å². The summed E-state index contributed by atoms with van der Waals surface area (Å²) < 4.78 is 12.9. The number of piperidine rings is 1. The van der Waals surface area contributed by atoms with Crippen molar-refractivity contribution in [3.8, 4) is 0 Å². The molecule has 0 unspecified atom stereocenters. The number of benzene rings is 1. The zero-order valence-electron chi connectivity index (χ0n) is 16.2. The molecule has 2 saturated heterocycles. The highest BCUT2D eigenvalue weighted by atomic mass is 19.1. The second kappa shape index (κ2) is 9.66. The molecule has 2 aliphatic rings. The van der Waals surface area contributed by atoms with Gasteiger partial charge in [0.25, 0.3) is 5.91 Å². The van der Waals surface area contributed by atoms with Gasteiger partial charge in [0.05, 0.1) is 0 Å². The molecular formula is C21H28FN3O3. The molecule has 2 aliphatic heterocycles. The molecule has 3 amide bonds. The lowest BCUT2D eigenvalue weighted by Crippen LogP contribution is -2.43. The summed E-state index contributed by atoms with van der Waals surface area (Å²) in [6.45, 7) is 3.41. The van der Waals surface area contributed by atoms with Crippen molar-refractivity contribution < 1.29 is 18.8 Å². The van der Waals surface area contributed by atoms with Crippen LogP contribution in [0.25, 0.3) is 0 Å². The van der Waals surface area contributed by atoms with Crippen molar-refractivity contribution in [2.75, 3.05) is 32.7 Å². The summed E-state index contributed by atoms with van der Waals surface area (Å²) in [4.78, 5) is 40.5. The Bertz CT molecular complexity index is 693. The maximum atomic E-state index is 12.9. The van der Waals surface area contributed by atoms with Crippen LogP contribution in [0.3, 0.4) is 0 Å². The quantitative estimate of drug-likeness (QED) is 0.759. The number of halogens is 1. The van der Waals surface area contributed by atoms with E-state index in [1.807, 2.05) is 9.80 Å². The molecule has 3 rings (SSSR count). The first-order chi connectivity index (χ1) is 13.5. The molecule has 2 fully saturated rings. The molecule has 7 heteroatoms. The number of carbonyl (C=O) groups is 3. The molecule has 6 nitrogen and oxygen atoms in total. The average molecular weight is 389 g/mol. The van der Waals surface area contributed by atoms with E-state index in [2.05, 4.69) is 5.32 Å². The van der Waals surface area contributed by atoms with Crippen LogP contribution in [-0.2, 0) is 9.59 Å². The highest BCUT2D eigenvalue weighted by molar-refractivity contribution is 5.94. The Morgan fingerprint density at radius 1 is 0.964 bits per heavy atom. The molecule has 28 heavy (non-hydrogen) atoms. The fourth-order valence-electron chi connectivity index (χ4n) is 3.87. The SMILES string of the molecule is O=C(NCCCC(=O)N1CCC(C(=O)N2CCCC2)CC1)c1ccc(F)cc1. The summed E-state index contributed by atoms with van der Waals surface area (Å²) in [6.07, 6.45) is 4.60. The summed E-state index contributed by atoms with van der Waals surface area (Å²) in [5.74, 6) is -0.268. The fraction of sp³-hybridized carbons (Fsp3) is 0.571. The Hall–Kier alpha value is -2.44. The van der Waals surface area contributed by atoms with Gasteiger partial charge < -0.3 is 15.1 Å². The maximum Gasteiger partial charge on any atom is 0.251 e. The first kappa shape index (κ1) is 20.3. The second-order valence-electron chi connectivity index (χ2n) is 7.55. The first-order valence-electron chi connectivity index (χ1n) is 10.1. The van der Waals surface area contributed by atoms with Gasteiger partial charge in [-0.2, -0.15) is 0 Å². The van der Waals surface area contributed by atoms with E-state index >= 15 is 0 Å². The number of hydrogen-bond acceptors (Lipinski definition) is 3. The van der Waals surface area contributed by atoms with Gasteiger partial charge in [0.15, 0.2) is 0 Å². The van der Waals surface area contributed by atoms with Crippen LogP contribution in [-0.4, -0.2) is 60.2 Å². The van der Waals surface area contributed by atoms with Crippen LogP contribution in [0.5, 0.6) is 0 Å². The average Bonchev–Trinajstić information content (AvgIpc) is 3.26. The lowest BCUT2D eigenvalue weighted by molar-refractivity contribution is -0.140. The molecule has 0 atom stereocenters. The van der Waals surface area contributed by atoms with E-state index in [-0.39, 0.29) is 29.5 Å². The standard InChI is InChI=1S/C21H28FN3O3/c22-18-7-5-16(6-8-18)20(27)23-11-3-4-19(26)24-14-9-17(10-15-24)21(28)25-12-1-2-13-25/h5-8,17H,1-4,9-15H2,(H,23,27). The number of nitrogens with zero attached hydrogens (tertiary/aromatic N) is 2. The first-order valence-corrected chi connectivity index (χ1v) is 10.1. The number of nitrogens with one attached hydrogen (secondary N) is 1. The van der Waals surface area contributed by atoms with E-state index in [4.69, 9.17) is 0 Å². The number of hydrogen-bond donors (Lipinski definition) is 1. The molecule has 2 heterocycles. The van der Waals surface area contributed by atoms with Gasteiger partial charge in [0, 0.05) is 50.6 Å². The van der Waals surface area contributed by atoms with E-state index in [0.29, 0.717) is 38.0 Å².